The SMILES string of the molecule is O=C1CC(S(=O)(=O)F)CN1C1CCc2ccccc2C1. The lowest BCUT2D eigenvalue weighted by atomic mass is 9.87. The summed E-state index contributed by atoms with van der Waals surface area (Å²) >= 11 is 0. The van der Waals surface area contributed by atoms with Crippen molar-refractivity contribution in [3.8, 4) is 0 Å². The summed E-state index contributed by atoms with van der Waals surface area (Å²) in [7, 11) is -4.63. The fourth-order valence-electron chi connectivity index (χ4n) is 3.18. The molecule has 2 unspecified atom stereocenters. The van der Waals surface area contributed by atoms with Crippen molar-refractivity contribution in [3.63, 3.8) is 0 Å². The number of fused-ring (bicyclic) bond motifs is 1. The minimum Gasteiger partial charge on any atom is -0.338 e. The summed E-state index contributed by atoms with van der Waals surface area (Å²) < 4.78 is 35.0. The summed E-state index contributed by atoms with van der Waals surface area (Å²) in [5.41, 5.74) is 2.48. The Balaban J connectivity index is 1.77. The first kappa shape index (κ1) is 13.5. The zero-order valence-corrected chi connectivity index (χ0v) is 11.8. The number of carbonyl (C=O) groups is 1. The van der Waals surface area contributed by atoms with E-state index in [1.54, 1.807) is 4.90 Å². The first-order valence-electron chi connectivity index (χ1n) is 6.75. The lowest BCUT2D eigenvalue weighted by molar-refractivity contribution is -0.129. The lowest BCUT2D eigenvalue weighted by Gasteiger charge is -2.32. The van der Waals surface area contributed by atoms with E-state index in [0.717, 1.165) is 19.3 Å². The number of aryl methyl sites for hydroxylation is 1. The highest BCUT2D eigenvalue weighted by Gasteiger charge is 2.41. The van der Waals surface area contributed by atoms with Gasteiger partial charge in [0.05, 0.1) is 0 Å². The molecule has 3 rings (SSSR count). The lowest BCUT2D eigenvalue weighted by Crippen LogP contribution is -2.41. The van der Waals surface area contributed by atoms with Gasteiger partial charge in [-0.2, -0.15) is 8.42 Å². The molecule has 4 nitrogen and oxygen atoms in total. The summed E-state index contributed by atoms with van der Waals surface area (Å²) in [4.78, 5) is 13.5. The van der Waals surface area contributed by atoms with E-state index in [9.17, 15) is 17.1 Å². The molecule has 1 aromatic carbocycles. The first-order chi connectivity index (χ1) is 9.45. The third-order valence-corrected chi connectivity index (χ3v) is 5.39. The molecule has 1 fully saturated rings. The van der Waals surface area contributed by atoms with E-state index in [1.165, 1.54) is 11.1 Å². The number of hydrogen-bond donors (Lipinski definition) is 0. The maximum atomic E-state index is 13.0. The van der Waals surface area contributed by atoms with Gasteiger partial charge in [0.1, 0.15) is 5.25 Å². The molecule has 1 heterocycles. The molecular formula is C14H16FNO3S. The topological polar surface area (TPSA) is 54.5 Å². The zero-order valence-electron chi connectivity index (χ0n) is 11.0. The molecule has 1 aliphatic carbocycles. The Morgan fingerprint density at radius 1 is 1.15 bits per heavy atom. The Kier molecular flexibility index (Phi) is 3.28. The van der Waals surface area contributed by atoms with E-state index in [2.05, 4.69) is 6.07 Å². The van der Waals surface area contributed by atoms with Crippen LogP contribution in [0.5, 0.6) is 0 Å². The van der Waals surface area contributed by atoms with Crippen LogP contribution in [-0.2, 0) is 27.9 Å². The normalized spacial score (nSPS) is 26.6. The number of nitrogens with zero attached hydrogens (tertiary/aromatic N) is 1. The molecule has 1 aromatic rings. The van der Waals surface area contributed by atoms with Gasteiger partial charge in [-0.15, -0.1) is 3.89 Å². The van der Waals surface area contributed by atoms with Gasteiger partial charge in [0.25, 0.3) is 0 Å². The molecule has 1 aliphatic heterocycles. The smallest absolute Gasteiger partial charge is 0.307 e. The molecule has 0 N–H and O–H groups in total. The van der Waals surface area contributed by atoms with E-state index in [0.29, 0.717) is 0 Å². The van der Waals surface area contributed by atoms with Gasteiger partial charge >= 0.3 is 10.2 Å². The second-order valence-corrected chi connectivity index (χ2v) is 7.13. The Hall–Kier alpha value is -1.43. The van der Waals surface area contributed by atoms with Gasteiger partial charge in [0.15, 0.2) is 0 Å². The third kappa shape index (κ3) is 2.44. The Labute approximate surface area is 117 Å². The van der Waals surface area contributed by atoms with Crippen LogP contribution in [-0.4, -0.2) is 37.1 Å². The van der Waals surface area contributed by atoms with Crippen LogP contribution in [0.2, 0.25) is 0 Å². The van der Waals surface area contributed by atoms with Gasteiger partial charge in [-0.25, -0.2) is 0 Å². The number of amides is 1. The number of likely N-dealkylation sites (tertiary alicyclic amines) is 1. The summed E-state index contributed by atoms with van der Waals surface area (Å²) in [6.07, 6.45) is 2.18. The highest BCUT2D eigenvalue weighted by Crippen LogP contribution is 2.29. The minimum atomic E-state index is -4.63. The average Bonchev–Trinajstić information content (AvgIpc) is 2.80. The van der Waals surface area contributed by atoms with E-state index >= 15 is 0 Å². The van der Waals surface area contributed by atoms with E-state index in [4.69, 9.17) is 0 Å². The molecule has 0 saturated carbocycles. The van der Waals surface area contributed by atoms with Crippen LogP contribution in [0.15, 0.2) is 24.3 Å². The summed E-state index contributed by atoms with van der Waals surface area (Å²) in [5.74, 6) is -0.249. The molecule has 2 aliphatic rings. The monoisotopic (exact) mass is 297 g/mol. The van der Waals surface area contributed by atoms with Gasteiger partial charge in [0.2, 0.25) is 5.91 Å². The predicted molar refractivity (Wildman–Crippen MR) is 72.4 cm³/mol. The van der Waals surface area contributed by atoms with Crippen molar-refractivity contribution in [3.05, 3.63) is 35.4 Å². The highest BCUT2D eigenvalue weighted by atomic mass is 32.3. The van der Waals surface area contributed by atoms with Crippen molar-refractivity contribution in [1.82, 2.24) is 4.90 Å². The van der Waals surface area contributed by atoms with Crippen LogP contribution < -0.4 is 0 Å². The quantitative estimate of drug-likeness (QED) is 0.776. The van der Waals surface area contributed by atoms with Gasteiger partial charge in [-0.3, -0.25) is 4.79 Å². The maximum Gasteiger partial charge on any atom is 0.307 e. The predicted octanol–water partition coefficient (Wildman–Crippen LogP) is 1.44. The van der Waals surface area contributed by atoms with Crippen LogP contribution >= 0.6 is 0 Å². The van der Waals surface area contributed by atoms with Crippen LogP contribution in [0.3, 0.4) is 0 Å². The molecule has 1 saturated heterocycles. The third-order valence-electron chi connectivity index (χ3n) is 4.28. The molecule has 0 spiro atoms. The number of halogens is 1. The fourth-order valence-corrected chi connectivity index (χ4v) is 3.86. The van der Waals surface area contributed by atoms with Crippen molar-refractivity contribution in [1.29, 1.82) is 0 Å². The van der Waals surface area contributed by atoms with Crippen molar-refractivity contribution >= 4 is 16.1 Å². The molecule has 0 bridgehead atoms. The largest absolute Gasteiger partial charge is 0.338 e. The molecule has 0 aromatic heterocycles. The minimum absolute atomic E-state index is 0.00942. The zero-order chi connectivity index (χ0) is 14.3. The Morgan fingerprint density at radius 2 is 1.85 bits per heavy atom. The van der Waals surface area contributed by atoms with Gasteiger partial charge in [0, 0.05) is 19.0 Å². The molecule has 1 amide bonds. The van der Waals surface area contributed by atoms with Crippen LogP contribution in [0.1, 0.15) is 24.0 Å². The maximum absolute atomic E-state index is 13.0. The highest BCUT2D eigenvalue weighted by molar-refractivity contribution is 7.87. The standard InChI is InChI=1S/C14H16FNO3S/c15-20(18,19)13-8-14(17)16(9-13)12-6-5-10-3-1-2-4-11(10)7-12/h1-4,12-13H,5-9H2. The number of hydrogen-bond acceptors (Lipinski definition) is 3. The van der Waals surface area contributed by atoms with Crippen molar-refractivity contribution < 1.29 is 17.1 Å². The fraction of sp³-hybridized carbons (Fsp3) is 0.500. The van der Waals surface area contributed by atoms with E-state index in [-0.39, 0.29) is 24.9 Å². The first-order valence-corrected chi connectivity index (χ1v) is 8.19. The number of carbonyl (C=O) groups excluding carboxylic acids is 1. The Morgan fingerprint density at radius 3 is 2.50 bits per heavy atom. The molecule has 2 atom stereocenters. The second-order valence-electron chi connectivity index (χ2n) is 5.51. The van der Waals surface area contributed by atoms with Crippen molar-refractivity contribution in [2.75, 3.05) is 6.54 Å². The molecular weight excluding hydrogens is 281 g/mol. The van der Waals surface area contributed by atoms with Gasteiger partial charge in [-0.1, -0.05) is 24.3 Å². The van der Waals surface area contributed by atoms with E-state index < -0.39 is 15.5 Å². The van der Waals surface area contributed by atoms with E-state index in [1.807, 2.05) is 18.2 Å². The number of benzene rings is 1. The van der Waals surface area contributed by atoms with Crippen LogP contribution in [0.25, 0.3) is 0 Å². The second kappa shape index (κ2) is 4.84. The van der Waals surface area contributed by atoms with Crippen LogP contribution in [0, 0.1) is 0 Å². The summed E-state index contributed by atoms with van der Waals surface area (Å²) in [6, 6.07) is 8.05. The van der Waals surface area contributed by atoms with Gasteiger partial charge in [-0.05, 0) is 30.4 Å². The average molecular weight is 297 g/mol. The molecule has 0 radical (unpaired) electrons. The van der Waals surface area contributed by atoms with Gasteiger partial charge < -0.3 is 4.90 Å². The Bertz CT molecular complexity index is 644. The molecule has 108 valence electrons. The molecule has 6 heteroatoms. The summed E-state index contributed by atoms with van der Waals surface area (Å²) in [5, 5.41) is -1.19. The summed E-state index contributed by atoms with van der Waals surface area (Å²) in [6.45, 7) is -0.00942. The molecule has 20 heavy (non-hydrogen) atoms. The number of rotatable bonds is 2. The van der Waals surface area contributed by atoms with Crippen molar-refractivity contribution in [2.45, 2.75) is 37.0 Å². The van der Waals surface area contributed by atoms with Crippen LogP contribution in [0.4, 0.5) is 3.89 Å². The van der Waals surface area contributed by atoms with Crippen molar-refractivity contribution in [2.24, 2.45) is 0 Å².